The summed E-state index contributed by atoms with van der Waals surface area (Å²) in [5, 5.41) is 6.40. The van der Waals surface area contributed by atoms with Crippen LogP contribution in [0.15, 0.2) is 47.6 Å². The average Bonchev–Trinajstić information content (AvgIpc) is 3.08. The van der Waals surface area contributed by atoms with Crippen LogP contribution in [0.5, 0.6) is 5.88 Å². The van der Waals surface area contributed by atoms with Crippen LogP contribution in [-0.2, 0) is 13.1 Å². The quantitative estimate of drug-likeness (QED) is 0.171. The van der Waals surface area contributed by atoms with Gasteiger partial charge in [0.15, 0.2) is 12.6 Å². The van der Waals surface area contributed by atoms with Gasteiger partial charge in [-0.3, -0.25) is 0 Å². The first-order chi connectivity index (χ1) is 15.4. The number of benzene rings is 1. The molecule has 0 radical (unpaired) electrons. The first-order valence-electron chi connectivity index (χ1n) is 10.4. The SMILES string of the molecule is CCNC(=NCc1cccnc1OCC(F)(F)F)NCCCn1c(C)nc2ccccc21.I. The van der Waals surface area contributed by atoms with Crippen molar-refractivity contribution in [3.05, 3.63) is 54.0 Å². The molecule has 0 aliphatic rings. The Kier molecular flexibility index (Phi) is 10.2. The van der Waals surface area contributed by atoms with Gasteiger partial charge in [0.05, 0.1) is 17.6 Å². The number of imidazole rings is 1. The highest BCUT2D eigenvalue weighted by molar-refractivity contribution is 14.0. The van der Waals surface area contributed by atoms with Crippen molar-refractivity contribution in [1.29, 1.82) is 0 Å². The second kappa shape index (κ2) is 12.6. The molecule has 0 atom stereocenters. The third kappa shape index (κ3) is 8.06. The highest BCUT2D eigenvalue weighted by atomic mass is 127. The van der Waals surface area contributed by atoms with E-state index in [0.717, 1.165) is 29.8 Å². The molecule has 0 saturated heterocycles. The number of nitrogens with one attached hydrogen (secondary N) is 2. The molecule has 11 heteroatoms. The fourth-order valence-corrected chi connectivity index (χ4v) is 3.25. The Bertz CT molecular complexity index is 1050. The summed E-state index contributed by atoms with van der Waals surface area (Å²) in [7, 11) is 0. The summed E-state index contributed by atoms with van der Waals surface area (Å²) in [6.07, 6.45) is -2.18. The van der Waals surface area contributed by atoms with E-state index in [1.807, 2.05) is 32.0 Å². The molecule has 0 aliphatic carbocycles. The van der Waals surface area contributed by atoms with Crippen molar-refractivity contribution in [2.24, 2.45) is 4.99 Å². The zero-order chi connectivity index (χ0) is 23.0. The minimum absolute atomic E-state index is 0. The number of aromatic nitrogens is 3. The van der Waals surface area contributed by atoms with Crippen LogP contribution in [0.2, 0.25) is 0 Å². The molecule has 0 unspecified atom stereocenters. The number of aliphatic imine (C=N–C) groups is 1. The zero-order valence-electron chi connectivity index (χ0n) is 18.5. The molecule has 2 N–H and O–H groups in total. The lowest BCUT2D eigenvalue weighted by molar-refractivity contribution is -0.154. The van der Waals surface area contributed by atoms with E-state index < -0.39 is 12.8 Å². The third-order valence-electron chi connectivity index (χ3n) is 4.67. The fourth-order valence-electron chi connectivity index (χ4n) is 3.25. The maximum atomic E-state index is 12.5. The van der Waals surface area contributed by atoms with Gasteiger partial charge in [-0.25, -0.2) is 15.0 Å². The Labute approximate surface area is 207 Å². The summed E-state index contributed by atoms with van der Waals surface area (Å²) < 4.78 is 44.4. The van der Waals surface area contributed by atoms with Crippen LogP contribution in [-0.4, -0.2) is 46.4 Å². The molecule has 7 nitrogen and oxygen atoms in total. The van der Waals surface area contributed by atoms with Crippen molar-refractivity contribution in [2.75, 3.05) is 19.7 Å². The number of ether oxygens (including phenoxy) is 1. The maximum absolute atomic E-state index is 12.5. The Hall–Kier alpha value is -2.57. The van der Waals surface area contributed by atoms with Crippen molar-refractivity contribution in [3.8, 4) is 5.88 Å². The van der Waals surface area contributed by atoms with Crippen molar-refractivity contribution < 1.29 is 17.9 Å². The van der Waals surface area contributed by atoms with E-state index in [0.29, 0.717) is 24.6 Å². The summed E-state index contributed by atoms with van der Waals surface area (Å²) in [4.78, 5) is 12.9. The van der Waals surface area contributed by atoms with E-state index in [4.69, 9.17) is 4.74 Å². The molecular weight excluding hydrogens is 548 g/mol. The van der Waals surface area contributed by atoms with Crippen molar-refractivity contribution >= 4 is 41.0 Å². The number of hydrogen-bond donors (Lipinski definition) is 2. The lowest BCUT2D eigenvalue weighted by atomic mass is 10.3. The predicted molar refractivity (Wildman–Crippen MR) is 133 cm³/mol. The molecule has 2 aromatic heterocycles. The van der Waals surface area contributed by atoms with Crippen LogP contribution in [0.3, 0.4) is 0 Å². The first-order valence-corrected chi connectivity index (χ1v) is 10.4. The Morgan fingerprint density at radius 3 is 2.70 bits per heavy atom. The minimum atomic E-state index is -4.42. The van der Waals surface area contributed by atoms with Crippen LogP contribution in [0.25, 0.3) is 11.0 Å². The highest BCUT2D eigenvalue weighted by Gasteiger charge is 2.29. The summed E-state index contributed by atoms with van der Waals surface area (Å²) in [5.74, 6) is 1.48. The molecule has 180 valence electrons. The van der Waals surface area contributed by atoms with Gasteiger partial charge >= 0.3 is 6.18 Å². The number of nitrogens with zero attached hydrogens (tertiary/aromatic N) is 4. The molecule has 0 bridgehead atoms. The number of aryl methyl sites for hydroxylation is 2. The Morgan fingerprint density at radius 2 is 1.94 bits per heavy atom. The monoisotopic (exact) mass is 576 g/mol. The lowest BCUT2D eigenvalue weighted by Gasteiger charge is -2.13. The molecule has 0 fully saturated rings. The van der Waals surface area contributed by atoms with Gasteiger partial charge in [-0.1, -0.05) is 18.2 Å². The molecule has 3 aromatic rings. The third-order valence-corrected chi connectivity index (χ3v) is 4.67. The molecule has 0 spiro atoms. The average molecular weight is 576 g/mol. The van der Waals surface area contributed by atoms with E-state index >= 15 is 0 Å². The van der Waals surface area contributed by atoms with Gasteiger partial charge in [-0.15, -0.1) is 24.0 Å². The molecular formula is C22H28F3IN6O. The van der Waals surface area contributed by atoms with Gasteiger partial charge < -0.3 is 19.9 Å². The van der Waals surface area contributed by atoms with Crippen molar-refractivity contribution in [3.63, 3.8) is 0 Å². The van der Waals surface area contributed by atoms with Crippen LogP contribution >= 0.6 is 24.0 Å². The normalized spacial score (nSPS) is 11.8. The number of pyridine rings is 1. The smallest absolute Gasteiger partial charge is 0.422 e. The molecule has 2 heterocycles. The van der Waals surface area contributed by atoms with E-state index in [1.165, 1.54) is 6.20 Å². The van der Waals surface area contributed by atoms with E-state index in [9.17, 15) is 13.2 Å². The number of rotatable bonds is 9. The number of halogens is 4. The van der Waals surface area contributed by atoms with Crippen LogP contribution < -0.4 is 15.4 Å². The van der Waals surface area contributed by atoms with Gasteiger partial charge in [0.25, 0.3) is 0 Å². The molecule has 3 rings (SSSR count). The van der Waals surface area contributed by atoms with Gasteiger partial charge in [0, 0.05) is 31.4 Å². The lowest BCUT2D eigenvalue weighted by Crippen LogP contribution is -2.38. The standard InChI is InChI=1S/C22H27F3N6O.HI/c1-3-26-21(29-14-17-8-6-11-27-20(17)32-15-22(23,24)25)28-12-7-13-31-16(2)30-18-9-4-5-10-19(18)31;/h4-6,8-11H,3,7,12-15H2,1-2H3,(H2,26,28,29);1H. The summed E-state index contributed by atoms with van der Waals surface area (Å²) in [5.41, 5.74) is 2.57. The first kappa shape index (κ1) is 26.7. The minimum Gasteiger partial charge on any atom is -0.468 e. The summed E-state index contributed by atoms with van der Waals surface area (Å²) in [6.45, 7) is 4.81. The fraction of sp³-hybridized carbons (Fsp3) is 0.409. The highest BCUT2D eigenvalue weighted by Crippen LogP contribution is 2.20. The van der Waals surface area contributed by atoms with Crippen LogP contribution in [0, 0.1) is 6.92 Å². The van der Waals surface area contributed by atoms with Gasteiger partial charge in [0.1, 0.15) is 5.82 Å². The van der Waals surface area contributed by atoms with Gasteiger partial charge in [0.2, 0.25) is 5.88 Å². The maximum Gasteiger partial charge on any atom is 0.422 e. The van der Waals surface area contributed by atoms with E-state index in [1.54, 1.807) is 12.1 Å². The van der Waals surface area contributed by atoms with Gasteiger partial charge in [-0.05, 0) is 38.5 Å². The predicted octanol–water partition coefficient (Wildman–Crippen LogP) is 4.44. The molecule has 0 aliphatic heterocycles. The topological polar surface area (TPSA) is 76.4 Å². The van der Waals surface area contributed by atoms with Crippen LogP contribution in [0.1, 0.15) is 24.7 Å². The van der Waals surface area contributed by atoms with Crippen molar-refractivity contribution in [2.45, 2.75) is 39.5 Å². The summed E-state index contributed by atoms with van der Waals surface area (Å²) >= 11 is 0. The van der Waals surface area contributed by atoms with Crippen molar-refractivity contribution in [1.82, 2.24) is 25.2 Å². The molecule has 33 heavy (non-hydrogen) atoms. The largest absolute Gasteiger partial charge is 0.468 e. The second-order valence-electron chi connectivity index (χ2n) is 7.15. The summed E-state index contributed by atoms with van der Waals surface area (Å²) in [6, 6.07) is 11.3. The van der Waals surface area contributed by atoms with E-state index in [2.05, 4.69) is 36.2 Å². The number of guanidine groups is 1. The van der Waals surface area contributed by atoms with Crippen LogP contribution in [0.4, 0.5) is 13.2 Å². The molecule has 0 amide bonds. The molecule has 0 saturated carbocycles. The Balaban J connectivity index is 0.00000385. The second-order valence-corrected chi connectivity index (χ2v) is 7.15. The van der Waals surface area contributed by atoms with Gasteiger partial charge in [-0.2, -0.15) is 13.2 Å². The number of para-hydroxylation sites is 2. The zero-order valence-corrected chi connectivity index (χ0v) is 20.9. The number of hydrogen-bond acceptors (Lipinski definition) is 4. The Morgan fingerprint density at radius 1 is 1.15 bits per heavy atom. The number of fused-ring (bicyclic) bond motifs is 1. The number of alkyl halides is 3. The van der Waals surface area contributed by atoms with E-state index in [-0.39, 0.29) is 36.4 Å². The molecule has 1 aromatic carbocycles.